The number of amides is 1. The first kappa shape index (κ1) is 52.0. The molecule has 0 saturated heterocycles. The standard InChI is InChI=1S/C42H78NO10P/c1-3-5-7-9-11-13-15-17-18-19-20-22-23-25-27-29-31-33-40(45)43-39(42(47)48)37-53-54(49,50)52-36-38(44)35-51-41(46)34-32-30-28-26-24-21-16-14-12-10-8-6-4-2/h11,13,17-18,38-39,44H,3-10,12,14-16,19-37H2,1-2H3,(H,43,45)(H,47,48)(H,49,50)/b13-11-,18-17-. The number of phosphoric ester groups is 1. The zero-order chi connectivity index (χ0) is 40.0. The maximum absolute atomic E-state index is 12.3. The van der Waals surface area contributed by atoms with Crippen LogP contribution in [0.3, 0.4) is 0 Å². The van der Waals surface area contributed by atoms with Gasteiger partial charge in [0.25, 0.3) is 0 Å². The summed E-state index contributed by atoms with van der Waals surface area (Å²) >= 11 is 0. The fraction of sp³-hybridized carbons (Fsp3) is 0.833. The van der Waals surface area contributed by atoms with Crippen molar-refractivity contribution in [3.05, 3.63) is 24.3 Å². The number of carboxylic acids is 1. The van der Waals surface area contributed by atoms with Crippen LogP contribution in [-0.4, -0.2) is 64.9 Å². The second-order valence-corrected chi connectivity index (χ2v) is 16.0. The van der Waals surface area contributed by atoms with Gasteiger partial charge in [-0.2, -0.15) is 0 Å². The number of phosphoric acid groups is 1. The van der Waals surface area contributed by atoms with Crippen LogP contribution in [0.15, 0.2) is 24.3 Å². The predicted octanol–water partition coefficient (Wildman–Crippen LogP) is 10.7. The Morgan fingerprint density at radius 3 is 1.54 bits per heavy atom. The van der Waals surface area contributed by atoms with Crippen molar-refractivity contribution in [2.45, 2.75) is 206 Å². The van der Waals surface area contributed by atoms with Gasteiger partial charge in [0, 0.05) is 12.8 Å². The number of aliphatic carboxylic acids is 1. The lowest BCUT2D eigenvalue weighted by Crippen LogP contribution is -2.43. The van der Waals surface area contributed by atoms with Gasteiger partial charge in [-0.15, -0.1) is 0 Å². The Hall–Kier alpha value is -2.04. The fourth-order valence-electron chi connectivity index (χ4n) is 5.87. The summed E-state index contributed by atoms with van der Waals surface area (Å²) in [5.74, 6) is -2.38. The molecule has 11 nitrogen and oxygen atoms in total. The van der Waals surface area contributed by atoms with Crippen LogP contribution in [0.1, 0.15) is 194 Å². The lowest BCUT2D eigenvalue weighted by Gasteiger charge is -2.18. The number of carbonyl (C=O) groups excluding carboxylic acids is 2. The SMILES string of the molecule is CCCCC/C=C\C/C=C\CCCCCCCCCC(=O)NC(COP(=O)(O)OCC(O)COC(=O)CCCCCCCCCCCCCCC)C(=O)O. The minimum absolute atomic E-state index is 0.138. The highest BCUT2D eigenvalue weighted by atomic mass is 31.2. The molecule has 54 heavy (non-hydrogen) atoms. The van der Waals surface area contributed by atoms with Crippen LogP contribution >= 0.6 is 7.82 Å². The molecule has 4 N–H and O–H groups in total. The number of nitrogens with one attached hydrogen (secondary N) is 1. The van der Waals surface area contributed by atoms with Crippen molar-refractivity contribution in [1.82, 2.24) is 5.32 Å². The Kier molecular flexibility index (Phi) is 36.4. The molecule has 0 aromatic rings. The number of ether oxygens (including phenoxy) is 1. The summed E-state index contributed by atoms with van der Waals surface area (Å²) in [5.41, 5.74) is 0. The summed E-state index contributed by atoms with van der Waals surface area (Å²) in [6, 6.07) is -1.55. The van der Waals surface area contributed by atoms with Gasteiger partial charge in [0.1, 0.15) is 12.7 Å². The molecule has 1 amide bonds. The van der Waals surface area contributed by atoms with Gasteiger partial charge in [-0.05, 0) is 44.9 Å². The largest absolute Gasteiger partial charge is 0.480 e. The average Bonchev–Trinajstić information content (AvgIpc) is 3.14. The van der Waals surface area contributed by atoms with Crippen molar-refractivity contribution < 1.29 is 47.8 Å². The zero-order valence-corrected chi connectivity index (χ0v) is 34.9. The molecule has 0 fully saturated rings. The van der Waals surface area contributed by atoms with E-state index >= 15 is 0 Å². The number of allylic oxidation sites excluding steroid dienone is 4. The summed E-state index contributed by atoms with van der Waals surface area (Å²) in [4.78, 5) is 45.8. The topological polar surface area (TPSA) is 169 Å². The second kappa shape index (κ2) is 37.9. The fourth-order valence-corrected chi connectivity index (χ4v) is 6.65. The van der Waals surface area contributed by atoms with Crippen molar-refractivity contribution in [3.63, 3.8) is 0 Å². The lowest BCUT2D eigenvalue weighted by molar-refractivity contribution is -0.147. The minimum atomic E-state index is -4.75. The van der Waals surface area contributed by atoms with Crippen LogP contribution in [0.5, 0.6) is 0 Å². The number of hydrogen-bond donors (Lipinski definition) is 4. The monoisotopic (exact) mass is 788 g/mol. The third kappa shape index (κ3) is 36.9. The molecule has 0 spiro atoms. The van der Waals surface area contributed by atoms with E-state index in [-0.39, 0.29) is 12.8 Å². The normalized spacial score (nSPS) is 14.0. The molecule has 3 unspecified atom stereocenters. The van der Waals surface area contributed by atoms with Crippen LogP contribution in [0, 0.1) is 0 Å². The predicted molar refractivity (Wildman–Crippen MR) is 217 cm³/mol. The highest BCUT2D eigenvalue weighted by molar-refractivity contribution is 7.47. The van der Waals surface area contributed by atoms with E-state index in [1.807, 2.05) is 0 Å². The Balaban J connectivity index is 3.92. The van der Waals surface area contributed by atoms with Crippen LogP contribution in [0.4, 0.5) is 0 Å². The van der Waals surface area contributed by atoms with Gasteiger partial charge in [-0.1, -0.05) is 160 Å². The molecule has 0 bridgehead atoms. The van der Waals surface area contributed by atoms with Gasteiger partial charge < -0.3 is 25.2 Å². The van der Waals surface area contributed by atoms with Crippen LogP contribution in [-0.2, 0) is 32.7 Å². The Morgan fingerprint density at radius 1 is 0.593 bits per heavy atom. The summed E-state index contributed by atoms with van der Waals surface area (Å²) in [6.45, 7) is 2.56. The molecule has 3 atom stereocenters. The van der Waals surface area contributed by atoms with Crippen molar-refractivity contribution in [2.24, 2.45) is 0 Å². The summed E-state index contributed by atoms with van der Waals surface area (Å²) in [7, 11) is -4.75. The summed E-state index contributed by atoms with van der Waals surface area (Å²) in [6.07, 6.45) is 37.7. The highest BCUT2D eigenvalue weighted by Gasteiger charge is 2.28. The van der Waals surface area contributed by atoms with Crippen molar-refractivity contribution in [3.8, 4) is 0 Å². The number of carbonyl (C=O) groups is 3. The van der Waals surface area contributed by atoms with E-state index in [0.717, 1.165) is 57.8 Å². The Morgan fingerprint density at radius 2 is 1.02 bits per heavy atom. The van der Waals surface area contributed by atoms with E-state index in [9.17, 15) is 34.1 Å². The quantitative estimate of drug-likeness (QED) is 0.0203. The molecule has 0 rings (SSSR count). The molecular weight excluding hydrogens is 709 g/mol. The number of carboxylic acid groups (broad SMARTS) is 1. The molecule has 0 aliphatic carbocycles. The van der Waals surface area contributed by atoms with E-state index in [2.05, 4.69) is 43.5 Å². The van der Waals surface area contributed by atoms with Crippen LogP contribution in [0.25, 0.3) is 0 Å². The first-order valence-electron chi connectivity index (χ1n) is 21.4. The first-order chi connectivity index (χ1) is 26.1. The van der Waals surface area contributed by atoms with Crippen LogP contribution in [0.2, 0.25) is 0 Å². The molecule has 12 heteroatoms. The minimum Gasteiger partial charge on any atom is -0.480 e. The molecular formula is C42H78NO10P. The van der Waals surface area contributed by atoms with Gasteiger partial charge in [0.15, 0.2) is 6.04 Å². The maximum atomic E-state index is 12.3. The second-order valence-electron chi connectivity index (χ2n) is 14.5. The van der Waals surface area contributed by atoms with Gasteiger partial charge in [-0.3, -0.25) is 18.6 Å². The van der Waals surface area contributed by atoms with Gasteiger partial charge in [-0.25, -0.2) is 9.36 Å². The van der Waals surface area contributed by atoms with E-state index < -0.39 is 57.6 Å². The number of aliphatic hydroxyl groups is 1. The van der Waals surface area contributed by atoms with Gasteiger partial charge in [0.2, 0.25) is 5.91 Å². The molecule has 0 aromatic carbocycles. The molecule has 0 radical (unpaired) electrons. The lowest BCUT2D eigenvalue weighted by atomic mass is 10.0. The smallest absolute Gasteiger partial charge is 0.472 e. The molecule has 0 heterocycles. The number of esters is 1. The Bertz CT molecular complexity index is 1020. The van der Waals surface area contributed by atoms with Crippen molar-refractivity contribution in [2.75, 3.05) is 19.8 Å². The third-order valence-electron chi connectivity index (χ3n) is 9.24. The molecule has 0 aromatic heterocycles. The maximum Gasteiger partial charge on any atom is 0.472 e. The summed E-state index contributed by atoms with van der Waals surface area (Å²) in [5, 5.41) is 21.8. The molecule has 0 aliphatic heterocycles. The van der Waals surface area contributed by atoms with E-state index in [4.69, 9.17) is 13.8 Å². The average molecular weight is 788 g/mol. The van der Waals surface area contributed by atoms with Crippen LogP contribution < -0.4 is 5.32 Å². The molecule has 0 aliphatic rings. The summed E-state index contributed by atoms with van der Waals surface area (Å²) < 4.78 is 26.8. The number of hydrogen-bond acceptors (Lipinski definition) is 8. The molecule has 0 saturated carbocycles. The van der Waals surface area contributed by atoms with Gasteiger partial charge in [0.05, 0.1) is 13.2 Å². The van der Waals surface area contributed by atoms with Crippen molar-refractivity contribution in [1.29, 1.82) is 0 Å². The first-order valence-corrected chi connectivity index (χ1v) is 22.9. The zero-order valence-electron chi connectivity index (χ0n) is 34.0. The van der Waals surface area contributed by atoms with E-state index in [0.29, 0.717) is 12.8 Å². The number of rotatable bonds is 40. The highest BCUT2D eigenvalue weighted by Crippen LogP contribution is 2.43. The molecule has 316 valence electrons. The number of aliphatic hydroxyl groups excluding tert-OH is 1. The van der Waals surface area contributed by atoms with Crippen molar-refractivity contribution >= 4 is 25.7 Å². The third-order valence-corrected chi connectivity index (χ3v) is 10.2. The van der Waals surface area contributed by atoms with Gasteiger partial charge >= 0.3 is 19.8 Å². The van der Waals surface area contributed by atoms with E-state index in [1.54, 1.807) is 0 Å². The van der Waals surface area contributed by atoms with E-state index in [1.165, 1.54) is 96.3 Å². The number of unbranched alkanes of at least 4 members (excludes halogenated alkanes) is 22. The Labute approximate surface area is 328 Å².